The number of hydrogen-bond acceptors (Lipinski definition) is 11. The molecule has 11 heteroatoms. The van der Waals surface area contributed by atoms with Crippen molar-refractivity contribution < 1.29 is 52.8 Å². The minimum Gasteiger partial charge on any atom is -0.462 e. The van der Waals surface area contributed by atoms with E-state index in [4.69, 9.17) is 23.7 Å². The molecule has 1 aliphatic heterocycles. The van der Waals surface area contributed by atoms with Gasteiger partial charge in [0, 0.05) is 40.0 Å². The molecule has 2 fully saturated rings. The first-order chi connectivity index (χ1) is 18.0. The molecule has 0 bridgehead atoms. The second-order valence-corrected chi connectivity index (χ2v) is 11.0. The number of carbonyl (C=O) groups excluding carboxylic acids is 5. The van der Waals surface area contributed by atoms with Crippen LogP contribution in [0.2, 0.25) is 0 Å². The van der Waals surface area contributed by atoms with Crippen molar-refractivity contribution in [2.24, 2.45) is 17.3 Å². The zero-order chi connectivity index (χ0) is 29.4. The molecule has 3 aliphatic rings. The number of esters is 5. The standard InChI is InChI=1S/C28H38O11/c1-13-9-10-21(36-17(5)30)27(8)22(37-18(6)31)12-20(35-16(4)29)14(2)24(27)25(38-19(7)32)28(34)15(3)26(33)39-23(28)11-13/h11,15,20-25,34H,2,9-10,12H2,1,3-8H3/b13-11-/t15-,20+,21-,22-,23-,24+,25-,27-,28-/m0/s1. The third-order valence-corrected chi connectivity index (χ3v) is 8.26. The second-order valence-electron chi connectivity index (χ2n) is 11.0. The summed E-state index contributed by atoms with van der Waals surface area (Å²) in [6.07, 6.45) is -3.42. The highest BCUT2D eigenvalue weighted by Crippen LogP contribution is 2.56. The Bertz CT molecular complexity index is 1090. The van der Waals surface area contributed by atoms with Gasteiger partial charge in [-0.1, -0.05) is 19.1 Å². The molecular formula is C28H38O11. The van der Waals surface area contributed by atoms with Gasteiger partial charge in [-0.2, -0.15) is 0 Å². The summed E-state index contributed by atoms with van der Waals surface area (Å²) >= 11 is 0. The lowest BCUT2D eigenvalue weighted by Crippen LogP contribution is -2.67. The maximum Gasteiger partial charge on any atom is 0.312 e. The summed E-state index contributed by atoms with van der Waals surface area (Å²) in [6.45, 7) is 14.0. The molecule has 39 heavy (non-hydrogen) atoms. The SMILES string of the molecule is C=C1[C@@H]2[C@H](OC(C)=O)[C@@]3(O)[C@H](/C=C(/C)CC[C@H](OC(C)=O)[C@@]2(C)[C@@H](OC(C)=O)C[C@H]1OC(C)=O)OC(=O)[C@@H]3C. The molecule has 0 aromatic carbocycles. The predicted molar refractivity (Wildman–Crippen MR) is 135 cm³/mol. The minimum atomic E-state index is -2.10. The molecule has 216 valence electrons. The maximum atomic E-state index is 12.8. The average molecular weight is 551 g/mol. The Morgan fingerprint density at radius 3 is 2.05 bits per heavy atom. The molecule has 2 aliphatic carbocycles. The van der Waals surface area contributed by atoms with Gasteiger partial charge in [-0.05, 0) is 38.3 Å². The number of rotatable bonds is 4. The smallest absolute Gasteiger partial charge is 0.312 e. The lowest BCUT2D eigenvalue weighted by atomic mass is 9.54. The Kier molecular flexibility index (Phi) is 8.64. The van der Waals surface area contributed by atoms with Crippen molar-refractivity contribution in [3.8, 4) is 0 Å². The fraction of sp³-hybridized carbons (Fsp3) is 0.679. The molecule has 1 saturated heterocycles. The van der Waals surface area contributed by atoms with Gasteiger partial charge in [0.2, 0.25) is 0 Å². The van der Waals surface area contributed by atoms with E-state index in [1.54, 1.807) is 19.9 Å². The number of fused-ring (bicyclic) bond motifs is 2. The molecule has 3 rings (SSSR count). The number of aliphatic hydroxyl groups is 1. The van der Waals surface area contributed by atoms with E-state index in [0.717, 1.165) is 12.5 Å². The fourth-order valence-corrected chi connectivity index (χ4v) is 6.37. The Balaban J connectivity index is 2.40. The van der Waals surface area contributed by atoms with Crippen LogP contribution in [0.1, 0.15) is 67.7 Å². The molecule has 1 N–H and O–H groups in total. The first-order valence-corrected chi connectivity index (χ1v) is 13.0. The third-order valence-electron chi connectivity index (χ3n) is 8.26. The zero-order valence-corrected chi connectivity index (χ0v) is 23.5. The van der Waals surface area contributed by atoms with Crippen molar-refractivity contribution in [2.45, 2.75) is 104 Å². The van der Waals surface area contributed by atoms with Crippen LogP contribution in [0.15, 0.2) is 23.8 Å². The number of ether oxygens (including phenoxy) is 5. The molecule has 0 radical (unpaired) electrons. The van der Waals surface area contributed by atoms with E-state index in [2.05, 4.69) is 6.58 Å². The van der Waals surface area contributed by atoms with E-state index in [1.807, 2.05) is 0 Å². The third kappa shape index (κ3) is 5.59. The van der Waals surface area contributed by atoms with Gasteiger partial charge in [0.25, 0.3) is 0 Å². The molecule has 1 heterocycles. The van der Waals surface area contributed by atoms with Gasteiger partial charge in [-0.15, -0.1) is 0 Å². The summed E-state index contributed by atoms with van der Waals surface area (Å²) in [5, 5.41) is 12.3. The Hall–Kier alpha value is -3.21. The predicted octanol–water partition coefficient (Wildman–Crippen LogP) is 2.33. The lowest BCUT2D eigenvalue weighted by Gasteiger charge is -2.56. The molecule has 11 nitrogen and oxygen atoms in total. The molecule has 0 amide bonds. The largest absolute Gasteiger partial charge is 0.462 e. The number of allylic oxidation sites excluding steroid dienone is 1. The minimum absolute atomic E-state index is 0.0167. The van der Waals surface area contributed by atoms with E-state index >= 15 is 0 Å². The maximum absolute atomic E-state index is 12.8. The number of carbonyl (C=O) groups is 5. The summed E-state index contributed by atoms with van der Waals surface area (Å²) in [6, 6.07) is 0. The van der Waals surface area contributed by atoms with Crippen LogP contribution in [0.3, 0.4) is 0 Å². The van der Waals surface area contributed by atoms with Crippen molar-refractivity contribution >= 4 is 29.8 Å². The van der Waals surface area contributed by atoms with E-state index in [0.29, 0.717) is 6.42 Å². The van der Waals surface area contributed by atoms with Crippen LogP contribution in [0.25, 0.3) is 0 Å². The molecular weight excluding hydrogens is 512 g/mol. The van der Waals surface area contributed by atoms with Crippen LogP contribution >= 0.6 is 0 Å². The van der Waals surface area contributed by atoms with Gasteiger partial charge < -0.3 is 28.8 Å². The number of hydrogen-bond donors (Lipinski definition) is 1. The fourth-order valence-electron chi connectivity index (χ4n) is 6.37. The summed E-state index contributed by atoms with van der Waals surface area (Å²) in [4.78, 5) is 62.1. The Morgan fingerprint density at radius 1 is 0.974 bits per heavy atom. The van der Waals surface area contributed by atoms with Crippen LogP contribution in [0.5, 0.6) is 0 Å². The highest BCUT2D eigenvalue weighted by molar-refractivity contribution is 5.78. The van der Waals surface area contributed by atoms with Crippen LogP contribution in [0.4, 0.5) is 0 Å². The van der Waals surface area contributed by atoms with Crippen molar-refractivity contribution in [2.75, 3.05) is 0 Å². The van der Waals surface area contributed by atoms with Crippen molar-refractivity contribution in [1.82, 2.24) is 0 Å². The van der Waals surface area contributed by atoms with Crippen molar-refractivity contribution in [1.29, 1.82) is 0 Å². The first-order valence-electron chi connectivity index (χ1n) is 13.0. The first kappa shape index (κ1) is 30.3. The van der Waals surface area contributed by atoms with Gasteiger partial charge in [-0.3, -0.25) is 24.0 Å². The van der Waals surface area contributed by atoms with E-state index in [-0.39, 0.29) is 18.4 Å². The van der Waals surface area contributed by atoms with Crippen LogP contribution < -0.4 is 0 Å². The summed E-state index contributed by atoms with van der Waals surface area (Å²) < 4.78 is 28.6. The van der Waals surface area contributed by atoms with Crippen molar-refractivity contribution in [3.63, 3.8) is 0 Å². The highest BCUT2D eigenvalue weighted by Gasteiger charge is 2.68. The normalized spacial score (nSPS) is 39.6. The van der Waals surface area contributed by atoms with Gasteiger partial charge in [0.15, 0.2) is 11.7 Å². The van der Waals surface area contributed by atoms with E-state index in [1.165, 1.54) is 27.7 Å². The molecule has 0 unspecified atom stereocenters. The highest BCUT2D eigenvalue weighted by atomic mass is 16.6. The molecule has 0 aromatic heterocycles. The Morgan fingerprint density at radius 2 is 1.51 bits per heavy atom. The molecule has 0 spiro atoms. The molecule has 0 aromatic rings. The summed E-state index contributed by atoms with van der Waals surface area (Å²) in [7, 11) is 0. The van der Waals surface area contributed by atoms with Gasteiger partial charge in [-0.25, -0.2) is 0 Å². The van der Waals surface area contributed by atoms with Crippen LogP contribution in [-0.2, 0) is 47.7 Å². The van der Waals surface area contributed by atoms with E-state index < -0.39 is 83.2 Å². The topological polar surface area (TPSA) is 152 Å². The molecule has 9 atom stereocenters. The quantitative estimate of drug-likeness (QED) is 0.312. The monoisotopic (exact) mass is 550 g/mol. The van der Waals surface area contributed by atoms with Crippen molar-refractivity contribution in [3.05, 3.63) is 23.8 Å². The zero-order valence-electron chi connectivity index (χ0n) is 23.5. The summed E-state index contributed by atoms with van der Waals surface area (Å²) in [5.41, 5.74) is -2.47. The van der Waals surface area contributed by atoms with Crippen LogP contribution in [0, 0.1) is 17.3 Å². The average Bonchev–Trinajstić information content (AvgIpc) is 3.01. The lowest BCUT2D eigenvalue weighted by molar-refractivity contribution is -0.226. The van der Waals surface area contributed by atoms with Crippen LogP contribution in [-0.4, -0.2) is 71.1 Å². The second kappa shape index (κ2) is 11.1. The summed E-state index contributed by atoms with van der Waals surface area (Å²) in [5.74, 6) is -5.61. The Labute approximate surface area is 227 Å². The van der Waals surface area contributed by atoms with Gasteiger partial charge in [0.1, 0.15) is 24.4 Å². The van der Waals surface area contributed by atoms with Gasteiger partial charge in [0.05, 0.1) is 11.3 Å². The van der Waals surface area contributed by atoms with Gasteiger partial charge >= 0.3 is 29.8 Å². The van der Waals surface area contributed by atoms with E-state index in [9.17, 15) is 29.1 Å². The molecule has 1 saturated carbocycles.